The first-order valence-corrected chi connectivity index (χ1v) is 10.9. The predicted octanol–water partition coefficient (Wildman–Crippen LogP) is 3.13. The highest BCUT2D eigenvalue weighted by atomic mass is 32.1. The molecule has 0 spiro atoms. The summed E-state index contributed by atoms with van der Waals surface area (Å²) in [5.41, 5.74) is 0.678. The van der Waals surface area contributed by atoms with Gasteiger partial charge in [-0.2, -0.15) is 0 Å². The molecule has 170 valence electrons. The van der Waals surface area contributed by atoms with Crippen LogP contribution in [0.5, 0.6) is 0 Å². The molecule has 3 heterocycles. The number of piperazine rings is 1. The lowest BCUT2D eigenvalue weighted by atomic mass is 10.1. The number of aliphatic hydroxyl groups excluding tert-OH is 2. The number of benzene rings is 1. The smallest absolute Gasteiger partial charge is 0.323 e. The van der Waals surface area contributed by atoms with E-state index in [0.717, 1.165) is 4.70 Å². The lowest BCUT2D eigenvalue weighted by Crippen LogP contribution is -2.55. The number of pyridine rings is 1. The Bertz CT molecular complexity index is 1140. The van der Waals surface area contributed by atoms with Crippen molar-refractivity contribution in [2.45, 2.75) is 32.1 Å². The van der Waals surface area contributed by atoms with Crippen molar-refractivity contribution in [2.24, 2.45) is 0 Å². The number of aromatic nitrogens is 2. The molecule has 1 saturated heterocycles. The Morgan fingerprint density at radius 3 is 2.75 bits per heavy atom. The van der Waals surface area contributed by atoms with E-state index in [1.807, 2.05) is 6.92 Å². The molecule has 4 rings (SSSR count). The molecule has 3 N–H and O–H groups in total. The summed E-state index contributed by atoms with van der Waals surface area (Å²) in [6.45, 7) is 4.32. The van der Waals surface area contributed by atoms with Gasteiger partial charge in [0.1, 0.15) is 11.9 Å². The van der Waals surface area contributed by atoms with Crippen LogP contribution in [0.15, 0.2) is 30.5 Å². The van der Waals surface area contributed by atoms with Crippen LogP contribution in [-0.2, 0) is 0 Å². The number of fused-ring (bicyclic) bond motifs is 1. The summed E-state index contributed by atoms with van der Waals surface area (Å²) in [6, 6.07) is 4.90. The van der Waals surface area contributed by atoms with Crippen molar-refractivity contribution in [2.75, 3.05) is 29.9 Å². The normalized spacial score (nSPS) is 18.6. The van der Waals surface area contributed by atoms with E-state index in [-0.39, 0.29) is 29.3 Å². The Labute approximate surface area is 187 Å². The van der Waals surface area contributed by atoms with Gasteiger partial charge in [-0.15, -0.1) is 0 Å². The molecule has 1 fully saturated rings. The Hall–Kier alpha value is -2.89. The Morgan fingerprint density at radius 2 is 2.06 bits per heavy atom. The van der Waals surface area contributed by atoms with Crippen LogP contribution < -0.4 is 10.2 Å². The fourth-order valence-corrected chi connectivity index (χ4v) is 4.51. The van der Waals surface area contributed by atoms with E-state index in [1.165, 1.54) is 42.7 Å². The third kappa shape index (κ3) is 4.50. The molecule has 1 aromatic carbocycles. The van der Waals surface area contributed by atoms with E-state index < -0.39 is 18.0 Å². The molecule has 2 amide bonds. The minimum Gasteiger partial charge on any atom is -0.390 e. The number of nitrogens with one attached hydrogen (secondary N) is 1. The molecular weight excluding hydrogens is 440 g/mol. The van der Waals surface area contributed by atoms with Gasteiger partial charge in [0.05, 0.1) is 16.3 Å². The van der Waals surface area contributed by atoms with Crippen molar-refractivity contribution in [1.29, 1.82) is 0 Å². The van der Waals surface area contributed by atoms with Crippen molar-refractivity contribution in [3.05, 3.63) is 47.7 Å². The van der Waals surface area contributed by atoms with Crippen LogP contribution in [-0.4, -0.2) is 62.9 Å². The summed E-state index contributed by atoms with van der Waals surface area (Å²) < 4.78 is 28.8. The maximum Gasteiger partial charge on any atom is 0.323 e. The third-order valence-corrected chi connectivity index (χ3v) is 6.34. The van der Waals surface area contributed by atoms with Crippen LogP contribution in [0.3, 0.4) is 0 Å². The van der Waals surface area contributed by atoms with Crippen LogP contribution in [0, 0.1) is 11.6 Å². The first-order valence-electron chi connectivity index (χ1n) is 10.1. The molecule has 0 unspecified atom stereocenters. The molecule has 3 atom stereocenters. The molecule has 0 radical (unpaired) electrons. The van der Waals surface area contributed by atoms with Crippen molar-refractivity contribution >= 4 is 38.5 Å². The average molecular weight is 464 g/mol. The first kappa shape index (κ1) is 22.3. The van der Waals surface area contributed by atoms with E-state index in [0.29, 0.717) is 30.3 Å². The second-order valence-corrected chi connectivity index (χ2v) is 8.84. The van der Waals surface area contributed by atoms with Crippen LogP contribution in [0.2, 0.25) is 0 Å². The van der Waals surface area contributed by atoms with Crippen LogP contribution in [0.4, 0.5) is 24.5 Å². The van der Waals surface area contributed by atoms with Gasteiger partial charge >= 0.3 is 6.03 Å². The number of aliphatic hydroxyl groups is 2. The molecular formula is C21H23F2N5O3S. The number of thiazole rings is 1. The van der Waals surface area contributed by atoms with Crippen LogP contribution in [0.25, 0.3) is 10.2 Å². The third-order valence-electron chi connectivity index (χ3n) is 5.39. The number of hydrogen-bond acceptors (Lipinski definition) is 7. The molecule has 11 heteroatoms. The number of hydrogen-bond donors (Lipinski definition) is 3. The zero-order valence-corrected chi connectivity index (χ0v) is 18.3. The Morgan fingerprint density at radius 1 is 1.28 bits per heavy atom. The van der Waals surface area contributed by atoms with Crippen molar-refractivity contribution < 1.29 is 23.8 Å². The fraction of sp³-hybridized carbons (Fsp3) is 0.381. The maximum atomic E-state index is 14.7. The number of carbonyl (C=O) groups is 1. The summed E-state index contributed by atoms with van der Waals surface area (Å²) >= 11 is 1.26. The van der Waals surface area contributed by atoms with Crippen molar-refractivity contribution in [3.8, 4) is 0 Å². The quantitative estimate of drug-likeness (QED) is 0.550. The molecule has 8 nitrogen and oxygen atoms in total. The van der Waals surface area contributed by atoms with Gasteiger partial charge in [-0.05, 0) is 32.0 Å². The summed E-state index contributed by atoms with van der Waals surface area (Å²) in [6.07, 6.45) is -0.919. The number of nitrogens with zero attached hydrogens (tertiary/aromatic N) is 4. The molecule has 0 aliphatic carbocycles. The summed E-state index contributed by atoms with van der Waals surface area (Å²) in [5.74, 6) is -0.860. The van der Waals surface area contributed by atoms with E-state index in [9.17, 15) is 23.8 Å². The number of carbonyl (C=O) groups excluding carboxylic acids is 1. The number of anilines is 2. The molecule has 1 aliphatic rings. The maximum absolute atomic E-state index is 14.7. The van der Waals surface area contributed by atoms with Gasteiger partial charge in [0.15, 0.2) is 16.8 Å². The lowest BCUT2D eigenvalue weighted by molar-refractivity contribution is 0.0301. The molecule has 0 saturated carbocycles. The largest absolute Gasteiger partial charge is 0.390 e. The minimum absolute atomic E-state index is 0.132. The van der Waals surface area contributed by atoms with E-state index in [2.05, 4.69) is 15.3 Å². The molecule has 32 heavy (non-hydrogen) atoms. The van der Waals surface area contributed by atoms with Gasteiger partial charge in [-0.1, -0.05) is 11.3 Å². The van der Waals surface area contributed by atoms with Gasteiger partial charge in [0, 0.05) is 43.5 Å². The van der Waals surface area contributed by atoms with E-state index in [4.69, 9.17) is 0 Å². The summed E-state index contributed by atoms with van der Waals surface area (Å²) in [5, 5.41) is 22.5. The monoisotopic (exact) mass is 463 g/mol. The second kappa shape index (κ2) is 8.93. The van der Waals surface area contributed by atoms with Gasteiger partial charge in [-0.25, -0.2) is 23.5 Å². The topological polar surface area (TPSA) is 102 Å². The fourth-order valence-electron chi connectivity index (χ4n) is 3.68. The molecule has 1 aliphatic heterocycles. The Balaban J connectivity index is 1.42. The first-order chi connectivity index (χ1) is 15.2. The SMILES string of the molecule is C[C@@H](O)[C@H](O)c1cnc(N2CCN(C(=O)Nc3nc4cc(F)ccc4s3)C[C@@H]2C)c(F)c1. The zero-order valence-electron chi connectivity index (χ0n) is 17.5. The number of rotatable bonds is 4. The highest BCUT2D eigenvalue weighted by Crippen LogP contribution is 2.28. The molecule has 3 aromatic rings. The molecule has 2 aromatic heterocycles. The number of amides is 2. The average Bonchev–Trinajstić information content (AvgIpc) is 3.14. The number of halogens is 2. The highest BCUT2D eigenvalue weighted by molar-refractivity contribution is 7.22. The van der Waals surface area contributed by atoms with Gasteiger partial charge in [-0.3, -0.25) is 5.32 Å². The van der Waals surface area contributed by atoms with Crippen LogP contribution in [0.1, 0.15) is 25.5 Å². The zero-order chi connectivity index (χ0) is 23.0. The van der Waals surface area contributed by atoms with Crippen molar-refractivity contribution in [3.63, 3.8) is 0 Å². The number of urea groups is 1. The standard InChI is InChI=1S/C21H23F2N5O3S/c1-11-10-27(21(31)26-20-25-16-8-14(22)3-4-17(16)32-20)5-6-28(11)19-15(23)7-13(9-24-19)18(30)12(2)29/h3-4,7-9,11-12,18,29-30H,5-6,10H2,1-2H3,(H,25,26,31)/t11-,12+,18-/m0/s1. The molecule has 0 bridgehead atoms. The van der Waals surface area contributed by atoms with Gasteiger partial charge in [0.2, 0.25) is 0 Å². The minimum atomic E-state index is -1.22. The van der Waals surface area contributed by atoms with Gasteiger partial charge < -0.3 is 20.0 Å². The predicted molar refractivity (Wildman–Crippen MR) is 118 cm³/mol. The second-order valence-electron chi connectivity index (χ2n) is 7.81. The van der Waals surface area contributed by atoms with E-state index >= 15 is 0 Å². The van der Waals surface area contributed by atoms with Crippen LogP contribution >= 0.6 is 11.3 Å². The Kier molecular flexibility index (Phi) is 6.22. The lowest BCUT2D eigenvalue weighted by Gasteiger charge is -2.40. The van der Waals surface area contributed by atoms with Gasteiger partial charge in [0.25, 0.3) is 0 Å². The van der Waals surface area contributed by atoms with E-state index in [1.54, 1.807) is 15.9 Å². The van der Waals surface area contributed by atoms with Crippen molar-refractivity contribution in [1.82, 2.24) is 14.9 Å². The highest BCUT2D eigenvalue weighted by Gasteiger charge is 2.30. The summed E-state index contributed by atoms with van der Waals surface area (Å²) in [7, 11) is 0. The summed E-state index contributed by atoms with van der Waals surface area (Å²) in [4.78, 5) is 24.5.